The summed E-state index contributed by atoms with van der Waals surface area (Å²) in [5.74, 6) is 0.108. The van der Waals surface area contributed by atoms with E-state index in [4.69, 9.17) is 0 Å². The molecule has 0 atom stereocenters. The van der Waals surface area contributed by atoms with Gasteiger partial charge in [-0.15, -0.1) is 0 Å². The number of aliphatic hydroxyl groups is 1. The van der Waals surface area contributed by atoms with Crippen LogP contribution in [0, 0.1) is 6.92 Å². The molecule has 11 heteroatoms. The zero-order chi connectivity index (χ0) is 23.1. The lowest BCUT2D eigenvalue weighted by Gasteiger charge is -2.37. The van der Waals surface area contributed by atoms with Crippen molar-refractivity contribution >= 4 is 17.4 Å². The highest BCUT2D eigenvalue weighted by molar-refractivity contribution is 5.93. The van der Waals surface area contributed by atoms with Crippen LogP contribution in [0.5, 0.6) is 0 Å². The summed E-state index contributed by atoms with van der Waals surface area (Å²) in [4.78, 5) is 16.3. The average molecular weight is 450 g/mol. The largest absolute Gasteiger partial charge is 0.434 e. The van der Waals surface area contributed by atoms with Gasteiger partial charge in [0.25, 0.3) is 5.91 Å². The van der Waals surface area contributed by atoms with Gasteiger partial charge in [0.05, 0.1) is 5.69 Å². The van der Waals surface area contributed by atoms with E-state index in [0.717, 1.165) is 11.9 Å². The van der Waals surface area contributed by atoms with Gasteiger partial charge < -0.3 is 15.7 Å². The molecule has 32 heavy (non-hydrogen) atoms. The monoisotopic (exact) mass is 450 g/mol. The summed E-state index contributed by atoms with van der Waals surface area (Å²) in [6.45, 7) is 4.22. The number of carbonyl (C=O) groups excluding carboxylic acids is 1. The van der Waals surface area contributed by atoms with Gasteiger partial charge >= 0.3 is 6.18 Å². The van der Waals surface area contributed by atoms with E-state index in [0.29, 0.717) is 43.7 Å². The van der Waals surface area contributed by atoms with E-state index in [1.165, 1.54) is 10.5 Å². The predicted molar refractivity (Wildman–Crippen MR) is 111 cm³/mol. The second-order valence-corrected chi connectivity index (χ2v) is 8.15. The van der Waals surface area contributed by atoms with Crippen molar-refractivity contribution in [3.63, 3.8) is 0 Å². The van der Waals surface area contributed by atoms with Crippen LogP contribution in [-0.4, -0.2) is 41.9 Å². The topological polar surface area (TPSA) is 96.5 Å². The number of carbonyl (C=O) groups is 1. The van der Waals surface area contributed by atoms with Crippen molar-refractivity contribution in [2.45, 2.75) is 64.0 Å². The number of halogens is 3. The van der Waals surface area contributed by atoms with Crippen molar-refractivity contribution < 1.29 is 23.1 Å². The minimum Gasteiger partial charge on any atom is -0.371 e. The van der Waals surface area contributed by atoms with Gasteiger partial charge in [-0.3, -0.25) is 13.9 Å². The van der Waals surface area contributed by atoms with Crippen LogP contribution in [0.3, 0.4) is 0 Å². The van der Waals surface area contributed by atoms with E-state index in [1.54, 1.807) is 29.8 Å². The zero-order valence-electron chi connectivity index (χ0n) is 17.8. The maximum absolute atomic E-state index is 13.0. The van der Waals surface area contributed by atoms with Crippen molar-refractivity contribution in [3.05, 3.63) is 47.5 Å². The minimum atomic E-state index is -4.52. The van der Waals surface area contributed by atoms with Crippen LogP contribution in [0.4, 0.5) is 19.0 Å². The lowest BCUT2D eigenvalue weighted by molar-refractivity contribution is -0.140. The molecular formula is C21H25F3N6O2. The van der Waals surface area contributed by atoms with Gasteiger partial charge in [-0.2, -0.15) is 18.3 Å². The number of nitrogens with zero attached hydrogens (tertiary/aromatic N) is 4. The van der Waals surface area contributed by atoms with Gasteiger partial charge in [0, 0.05) is 18.8 Å². The molecule has 4 rings (SSSR count). The van der Waals surface area contributed by atoms with Gasteiger partial charge in [-0.05, 0) is 57.7 Å². The number of amides is 1. The summed E-state index contributed by atoms with van der Waals surface area (Å²) >= 11 is 0. The van der Waals surface area contributed by atoms with E-state index >= 15 is 0 Å². The molecule has 3 aromatic rings. The fraction of sp³-hybridized carbons (Fsp3) is 0.476. The molecule has 0 aliphatic heterocycles. The van der Waals surface area contributed by atoms with Crippen molar-refractivity contribution in [2.24, 2.45) is 0 Å². The molecular weight excluding hydrogens is 425 g/mol. The Hall–Kier alpha value is -3.08. The van der Waals surface area contributed by atoms with Crippen LogP contribution in [0.15, 0.2) is 30.5 Å². The third-order valence-electron chi connectivity index (χ3n) is 5.73. The third-order valence-corrected chi connectivity index (χ3v) is 5.73. The lowest BCUT2D eigenvalue weighted by atomic mass is 9.88. The summed E-state index contributed by atoms with van der Waals surface area (Å²) in [5.41, 5.74) is -0.986. The molecule has 1 saturated carbocycles. The Kier molecular flexibility index (Phi) is 5.61. The van der Waals surface area contributed by atoms with Gasteiger partial charge in [-0.25, -0.2) is 4.98 Å². The molecule has 0 radical (unpaired) electrons. The predicted octanol–water partition coefficient (Wildman–Crippen LogP) is 3.35. The molecule has 172 valence electrons. The number of hydrogen-bond donors (Lipinski definition) is 3. The third kappa shape index (κ3) is 4.43. The number of nitrogens with one attached hydrogen (secondary N) is 2. The molecule has 3 heterocycles. The van der Waals surface area contributed by atoms with Crippen LogP contribution in [0.2, 0.25) is 0 Å². The summed E-state index contributed by atoms with van der Waals surface area (Å²) in [6.07, 6.45) is -1.88. The normalized spacial score (nSPS) is 21.6. The first kappa shape index (κ1) is 22.1. The number of hydrogen-bond acceptors (Lipinski definition) is 5. The van der Waals surface area contributed by atoms with Crippen molar-refractivity contribution in [1.82, 2.24) is 24.5 Å². The summed E-state index contributed by atoms with van der Waals surface area (Å²) < 4.78 is 42.0. The number of imidazole rings is 1. The Morgan fingerprint density at radius 3 is 2.69 bits per heavy atom. The minimum absolute atomic E-state index is 0.0714. The number of anilines is 1. The van der Waals surface area contributed by atoms with Crippen LogP contribution in [-0.2, 0) is 12.7 Å². The highest BCUT2D eigenvalue weighted by Crippen LogP contribution is 2.31. The van der Waals surface area contributed by atoms with Crippen LogP contribution in [0.1, 0.15) is 54.5 Å². The molecule has 1 amide bonds. The van der Waals surface area contributed by atoms with Crippen LogP contribution < -0.4 is 10.6 Å². The Labute approximate surface area is 182 Å². The van der Waals surface area contributed by atoms with Crippen molar-refractivity contribution in [1.29, 1.82) is 0 Å². The number of fused-ring (bicyclic) bond motifs is 1. The molecule has 0 saturated heterocycles. The highest BCUT2D eigenvalue weighted by Gasteiger charge is 2.36. The van der Waals surface area contributed by atoms with Crippen LogP contribution in [0.25, 0.3) is 5.65 Å². The molecule has 0 unspecified atom stereocenters. The molecule has 1 aliphatic carbocycles. The maximum atomic E-state index is 13.0. The molecule has 3 aromatic heterocycles. The standard InChI is InChI=1S/C21H25F3N6O2/c1-3-30-15(11-13(2)28-30)19(31)27-20(32)9-7-14(8-10-20)25-17-5-4-6-18-26-16(12-29(17)18)21(22,23)24/h4-6,11-12,14,25,32H,3,7-10H2,1-2H3,(H,27,31). The Bertz CT molecular complexity index is 1130. The number of aryl methyl sites for hydroxylation is 2. The Morgan fingerprint density at radius 1 is 1.31 bits per heavy atom. The van der Waals surface area contributed by atoms with Gasteiger partial charge in [0.1, 0.15) is 22.9 Å². The second-order valence-electron chi connectivity index (χ2n) is 8.15. The van der Waals surface area contributed by atoms with Gasteiger partial charge in [0.15, 0.2) is 5.69 Å². The summed E-state index contributed by atoms with van der Waals surface area (Å²) in [5, 5.41) is 21.1. The second kappa shape index (κ2) is 8.12. The number of aromatic nitrogens is 4. The molecule has 0 spiro atoms. The Balaban J connectivity index is 1.41. The first-order valence-electron chi connectivity index (χ1n) is 10.5. The van der Waals surface area contributed by atoms with Crippen molar-refractivity contribution in [2.75, 3.05) is 5.32 Å². The van der Waals surface area contributed by atoms with E-state index < -0.39 is 17.6 Å². The first-order chi connectivity index (χ1) is 15.1. The molecule has 1 fully saturated rings. The number of alkyl halides is 3. The molecule has 0 bridgehead atoms. The highest BCUT2D eigenvalue weighted by atomic mass is 19.4. The maximum Gasteiger partial charge on any atom is 0.434 e. The van der Waals surface area contributed by atoms with E-state index in [-0.39, 0.29) is 17.6 Å². The molecule has 8 nitrogen and oxygen atoms in total. The first-order valence-corrected chi connectivity index (χ1v) is 10.5. The smallest absolute Gasteiger partial charge is 0.371 e. The van der Waals surface area contributed by atoms with E-state index in [9.17, 15) is 23.1 Å². The zero-order valence-corrected chi connectivity index (χ0v) is 17.8. The molecule has 3 N–H and O–H groups in total. The van der Waals surface area contributed by atoms with Gasteiger partial charge in [-0.1, -0.05) is 6.07 Å². The molecule has 0 aromatic carbocycles. The van der Waals surface area contributed by atoms with Gasteiger partial charge in [0.2, 0.25) is 0 Å². The Morgan fingerprint density at radius 2 is 2.03 bits per heavy atom. The molecule has 1 aliphatic rings. The fourth-order valence-corrected chi connectivity index (χ4v) is 4.08. The number of pyridine rings is 1. The van der Waals surface area contributed by atoms with E-state index in [1.807, 2.05) is 6.92 Å². The van der Waals surface area contributed by atoms with E-state index in [2.05, 4.69) is 20.7 Å². The fourth-order valence-electron chi connectivity index (χ4n) is 4.08. The SMILES string of the molecule is CCn1nc(C)cc1C(=O)NC1(O)CCC(Nc2cccc3nc(C(F)(F)F)cn23)CC1. The quantitative estimate of drug-likeness (QED) is 0.518. The van der Waals surface area contributed by atoms with Crippen LogP contribution >= 0.6 is 0 Å². The summed E-state index contributed by atoms with van der Waals surface area (Å²) in [6, 6.07) is 6.45. The average Bonchev–Trinajstić information content (AvgIpc) is 3.34. The summed E-state index contributed by atoms with van der Waals surface area (Å²) in [7, 11) is 0. The van der Waals surface area contributed by atoms with Crippen molar-refractivity contribution in [3.8, 4) is 0 Å². The number of rotatable bonds is 5. The lowest BCUT2D eigenvalue weighted by Crippen LogP contribution is -2.52.